The van der Waals surface area contributed by atoms with Gasteiger partial charge in [0.05, 0.1) is 0 Å². The number of hydrogen-bond acceptors (Lipinski definition) is 2. The molecule has 2 aromatic carbocycles. The van der Waals surface area contributed by atoms with Crippen LogP contribution in [-0.4, -0.2) is 10.2 Å². The van der Waals surface area contributed by atoms with E-state index in [-0.39, 0.29) is 0 Å². The molecule has 20 heavy (non-hydrogen) atoms. The van der Waals surface area contributed by atoms with E-state index in [1.807, 2.05) is 38.1 Å². The molecule has 0 unspecified atom stereocenters. The molecule has 0 saturated heterocycles. The number of hydrogen-bond donors (Lipinski definition) is 2. The van der Waals surface area contributed by atoms with Gasteiger partial charge in [-0.2, -0.15) is 0 Å². The van der Waals surface area contributed by atoms with Crippen LogP contribution in [-0.2, 0) is 6.42 Å². The number of benzene rings is 2. The first kappa shape index (κ1) is 16.1. The van der Waals surface area contributed by atoms with Crippen molar-refractivity contribution in [2.24, 2.45) is 0 Å². The molecule has 2 aromatic rings. The third-order valence-corrected chi connectivity index (χ3v) is 3.33. The second kappa shape index (κ2) is 8.26. The lowest BCUT2D eigenvalue weighted by Gasteiger charge is -2.05. The summed E-state index contributed by atoms with van der Waals surface area (Å²) >= 11 is 0. The molecule has 0 radical (unpaired) electrons. The molecular weight excluding hydrogens is 248 g/mol. The van der Waals surface area contributed by atoms with E-state index in [1.54, 1.807) is 12.1 Å². The Morgan fingerprint density at radius 2 is 1.50 bits per heavy atom. The molecule has 2 heteroatoms. The molecule has 2 nitrogen and oxygen atoms in total. The number of para-hydroxylation sites is 1. The molecule has 0 aliphatic carbocycles. The maximum atomic E-state index is 9.40. The Balaban J connectivity index is 0.000000217. The second-order valence-electron chi connectivity index (χ2n) is 4.95. The molecule has 2 N–H and O–H groups in total. The molecule has 0 fully saturated rings. The van der Waals surface area contributed by atoms with Gasteiger partial charge in [0.2, 0.25) is 0 Å². The lowest BCUT2D eigenvalue weighted by atomic mass is 10.0. The maximum Gasteiger partial charge on any atom is 0.118 e. The first-order valence-electron chi connectivity index (χ1n) is 7.08. The van der Waals surface area contributed by atoms with Crippen molar-refractivity contribution in [1.82, 2.24) is 0 Å². The van der Waals surface area contributed by atoms with E-state index >= 15 is 0 Å². The van der Waals surface area contributed by atoms with Crippen molar-refractivity contribution in [3.05, 3.63) is 59.2 Å². The molecule has 0 bridgehead atoms. The lowest BCUT2D eigenvalue weighted by Crippen LogP contribution is -1.88. The fourth-order valence-corrected chi connectivity index (χ4v) is 1.87. The number of phenolic OH excluding ortho intramolecular Hbond substituents is 2. The molecular formula is C18H24O2. The Labute approximate surface area is 121 Å². The summed E-state index contributed by atoms with van der Waals surface area (Å²) in [7, 11) is 0. The number of aromatic hydroxyl groups is 2. The van der Waals surface area contributed by atoms with Crippen LogP contribution in [0.3, 0.4) is 0 Å². The molecule has 0 saturated carbocycles. The summed E-state index contributed by atoms with van der Waals surface area (Å²) in [4.78, 5) is 0. The van der Waals surface area contributed by atoms with Crippen molar-refractivity contribution in [2.45, 2.75) is 40.0 Å². The Kier molecular flexibility index (Phi) is 6.65. The van der Waals surface area contributed by atoms with Crippen LogP contribution in [0.4, 0.5) is 0 Å². The predicted molar refractivity (Wildman–Crippen MR) is 84.3 cm³/mol. The maximum absolute atomic E-state index is 9.40. The van der Waals surface area contributed by atoms with Crippen LogP contribution in [0.2, 0.25) is 0 Å². The Morgan fingerprint density at radius 1 is 0.850 bits per heavy atom. The van der Waals surface area contributed by atoms with Gasteiger partial charge in [0.1, 0.15) is 11.5 Å². The lowest BCUT2D eigenvalue weighted by molar-refractivity contribution is 0.469. The third-order valence-electron chi connectivity index (χ3n) is 3.33. The van der Waals surface area contributed by atoms with Gasteiger partial charge >= 0.3 is 0 Å². The number of aryl methyl sites for hydroxylation is 2. The van der Waals surface area contributed by atoms with Crippen LogP contribution >= 0.6 is 0 Å². The first-order valence-corrected chi connectivity index (χ1v) is 7.08. The largest absolute Gasteiger partial charge is 0.508 e. The van der Waals surface area contributed by atoms with E-state index in [0.29, 0.717) is 11.5 Å². The van der Waals surface area contributed by atoms with Crippen LogP contribution < -0.4 is 0 Å². The quantitative estimate of drug-likeness (QED) is 0.847. The molecule has 0 aromatic heterocycles. The monoisotopic (exact) mass is 272 g/mol. The van der Waals surface area contributed by atoms with E-state index in [9.17, 15) is 5.11 Å². The summed E-state index contributed by atoms with van der Waals surface area (Å²) in [5.74, 6) is 0.788. The molecule has 0 spiro atoms. The van der Waals surface area contributed by atoms with Crippen molar-refractivity contribution in [2.75, 3.05) is 0 Å². The van der Waals surface area contributed by atoms with Gasteiger partial charge in [-0.05, 0) is 55.5 Å². The predicted octanol–water partition coefficient (Wildman–Crippen LogP) is 4.74. The van der Waals surface area contributed by atoms with Crippen LogP contribution in [0.25, 0.3) is 0 Å². The Bertz CT molecular complexity index is 512. The van der Waals surface area contributed by atoms with E-state index in [0.717, 1.165) is 17.5 Å². The number of rotatable bonds is 3. The first-order chi connectivity index (χ1) is 9.56. The number of unbranched alkanes of at least 4 members (excludes halogenated alkanes) is 1. The molecule has 0 amide bonds. The van der Waals surface area contributed by atoms with Crippen molar-refractivity contribution >= 4 is 0 Å². The SMILES string of the molecule is CCCCc1cccc(O)c1C.Cc1ccccc1O. The van der Waals surface area contributed by atoms with E-state index < -0.39 is 0 Å². The summed E-state index contributed by atoms with van der Waals surface area (Å²) in [5.41, 5.74) is 3.23. The second-order valence-corrected chi connectivity index (χ2v) is 4.95. The Morgan fingerprint density at radius 3 is 2.05 bits per heavy atom. The van der Waals surface area contributed by atoms with Gasteiger partial charge in [-0.1, -0.05) is 43.7 Å². The summed E-state index contributed by atoms with van der Waals surface area (Å²) in [5, 5.41) is 18.3. The summed E-state index contributed by atoms with van der Waals surface area (Å²) in [6, 6.07) is 13.0. The van der Waals surface area contributed by atoms with E-state index in [2.05, 4.69) is 13.0 Å². The van der Waals surface area contributed by atoms with E-state index in [4.69, 9.17) is 5.11 Å². The molecule has 0 aliphatic rings. The van der Waals surface area contributed by atoms with Crippen molar-refractivity contribution in [1.29, 1.82) is 0 Å². The van der Waals surface area contributed by atoms with Gasteiger partial charge < -0.3 is 10.2 Å². The van der Waals surface area contributed by atoms with Crippen LogP contribution in [0.5, 0.6) is 11.5 Å². The zero-order valence-corrected chi connectivity index (χ0v) is 12.6. The highest BCUT2D eigenvalue weighted by Crippen LogP contribution is 2.20. The van der Waals surface area contributed by atoms with Crippen molar-refractivity contribution < 1.29 is 10.2 Å². The fraction of sp³-hybridized carbons (Fsp3) is 0.333. The summed E-state index contributed by atoms with van der Waals surface area (Å²) < 4.78 is 0. The molecule has 2 rings (SSSR count). The molecule has 108 valence electrons. The molecule has 0 heterocycles. The minimum absolute atomic E-state index is 0.368. The average molecular weight is 272 g/mol. The van der Waals surface area contributed by atoms with Gasteiger partial charge in [0, 0.05) is 0 Å². The zero-order chi connectivity index (χ0) is 15.0. The van der Waals surface area contributed by atoms with Crippen LogP contribution in [0.15, 0.2) is 42.5 Å². The summed E-state index contributed by atoms with van der Waals surface area (Å²) in [6.07, 6.45) is 3.48. The molecule has 0 aliphatic heterocycles. The van der Waals surface area contributed by atoms with Crippen molar-refractivity contribution in [3.63, 3.8) is 0 Å². The van der Waals surface area contributed by atoms with Gasteiger partial charge in [-0.15, -0.1) is 0 Å². The highest BCUT2D eigenvalue weighted by atomic mass is 16.3. The summed E-state index contributed by atoms with van der Waals surface area (Å²) in [6.45, 7) is 6.02. The highest BCUT2D eigenvalue weighted by molar-refractivity contribution is 5.37. The minimum Gasteiger partial charge on any atom is -0.508 e. The third kappa shape index (κ3) is 4.96. The normalized spacial score (nSPS) is 9.75. The molecule has 0 atom stereocenters. The van der Waals surface area contributed by atoms with Gasteiger partial charge in [-0.25, -0.2) is 0 Å². The van der Waals surface area contributed by atoms with Gasteiger partial charge in [0.15, 0.2) is 0 Å². The van der Waals surface area contributed by atoms with Gasteiger partial charge in [0.25, 0.3) is 0 Å². The van der Waals surface area contributed by atoms with E-state index in [1.165, 1.54) is 18.4 Å². The fourth-order valence-electron chi connectivity index (χ4n) is 1.87. The topological polar surface area (TPSA) is 40.5 Å². The van der Waals surface area contributed by atoms with Gasteiger partial charge in [-0.3, -0.25) is 0 Å². The Hall–Kier alpha value is -1.96. The standard InChI is InChI=1S/C11H16O.C7H8O/c1-3-4-6-10-7-5-8-11(12)9(10)2;1-6-4-2-3-5-7(6)8/h5,7-8,12H,3-4,6H2,1-2H3;2-5,8H,1H3. The number of phenols is 2. The highest BCUT2D eigenvalue weighted by Gasteiger charge is 2.00. The van der Waals surface area contributed by atoms with Crippen LogP contribution in [0, 0.1) is 13.8 Å². The smallest absolute Gasteiger partial charge is 0.118 e. The minimum atomic E-state index is 0.368. The zero-order valence-electron chi connectivity index (χ0n) is 12.6. The van der Waals surface area contributed by atoms with Crippen LogP contribution in [0.1, 0.15) is 36.5 Å². The van der Waals surface area contributed by atoms with Crippen molar-refractivity contribution in [3.8, 4) is 11.5 Å². The average Bonchev–Trinajstić information content (AvgIpc) is 2.44.